The first-order valence-electron chi connectivity index (χ1n) is 4.62. The van der Waals surface area contributed by atoms with Gasteiger partial charge >= 0.3 is 0 Å². The van der Waals surface area contributed by atoms with E-state index < -0.39 is 5.41 Å². The van der Waals surface area contributed by atoms with Gasteiger partial charge in [-0.3, -0.25) is 4.79 Å². The lowest BCUT2D eigenvalue weighted by Gasteiger charge is -2.20. The summed E-state index contributed by atoms with van der Waals surface area (Å²) in [6.07, 6.45) is 1.64. The maximum Gasteiger partial charge on any atom is 0.235 e. The monoisotopic (exact) mass is 211 g/mol. The van der Waals surface area contributed by atoms with Crippen molar-refractivity contribution < 1.29 is 9.90 Å². The van der Waals surface area contributed by atoms with Gasteiger partial charge in [-0.25, -0.2) is 0 Å². The number of amides is 1. The van der Waals surface area contributed by atoms with Gasteiger partial charge in [0.15, 0.2) is 0 Å². The molecule has 1 saturated carbocycles. The Morgan fingerprint density at radius 2 is 2.43 bits per heavy atom. The van der Waals surface area contributed by atoms with Crippen molar-refractivity contribution in [3.8, 4) is 0 Å². The van der Waals surface area contributed by atoms with Crippen molar-refractivity contribution in [2.24, 2.45) is 5.41 Å². The molecule has 1 N–H and O–H groups in total. The molecule has 0 saturated heterocycles. The summed E-state index contributed by atoms with van der Waals surface area (Å²) in [5.74, 6) is 0.0439. The summed E-state index contributed by atoms with van der Waals surface area (Å²) in [6.45, 7) is -0.0262. The molecule has 1 amide bonds. The van der Waals surface area contributed by atoms with Gasteiger partial charge in [0, 0.05) is 7.05 Å². The third kappa shape index (κ3) is 1.44. The minimum Gasteiger partial charge on any atom is -0.395 e. The number of hydrogen-bond acceptors (Lipinski definition) is 3. The van der Waals surface area contributed by atoms with Crippen LogP contribution in [0.5, 0.6) is 0 Å². The molecule has 0 atom stereocenters. The van der Waals surface area contributed by atoms with E-state index in [2.05, 4.69) is 0 Å². The van der Waals surface area contributed by atoms with Gasteiger partial charge in [-0.2, -0.15) is 0 Å². The van der Waals surface area contributed by atoms with Crippen molar-refractivity contribution in [2.75, 3.05) is 18.6 Å². The Bertz CT molecular complexity index is 330. The zero-order valence-corrected chi connectivity index (χ0v) is 8.88. The number of aliphatic hydroxyl groups excluding tert-OH is 1. The highest BCUT2D eigenvalue weighted by Gasteiger charge is 2.50. The van der Waals surface area contributed by atoms with Gasteiger partial charge in [0.25, 0.3) is 0 Å². The molecule has 1 heterocycles. The molecule has 1 aromatic heterocycles. The van der Waals surface area contributed by atoms with Crippen molar-refractivity contribution in [3.63, 3.8) is 0 Å². The number of hydrogen-bond donors (Lipinski definition) is 1. The second kappa shape index (κ2) is 3.37. The summed E-state index contributed by atoms with van der Waals surface area (Å²) < 4.78 is 0. The molecule has 1 fully saturated rings. The SMILES string of the molecule is CN(C(=O)C1(CO)CC1)c1cccs1. The molecular weight excluding hydrogens is 198 g/mol. The molecule has 3 nitrogen and oxygen atoms in total. The van der Waals surface area contributed by atoms with E-state index in [9.17, 15) is 4.79 Å². The van der Waals surface area contributed by atoms with Crippen LogP contribution in [0.15, 0.2) is 17.5 Å². The maximum absolute atomic E-state index is 11.9. The summed E-state index contributed by atoms with van der Waals surface area (Å²) in [5, 5.41) is 12.0. The van der Waals surface area contributed by atoms with E-state index in [-0.39, 0.29) is 12.5 Å². The second-order valence-electron chi connectivity index (χ2n) is 3.75. The topological polar surface area (TPSA) is 40.5 Å². The lowest BCUT2D eigenvalue weighted by Crippen LogP contribution is -2.35. The molecule has 0 unspecified atom stereocenters. The van der Waals surface area contributed by atoms with Crippen LogP contribution in [0.4, 0.5) is 5.00 Å². The van der Waals surface area contributed by atoms with E-state index in [0.717, 1.165) is 17.8 Å². The molecule has 0 spiro atoms. The number of rotatable bonds is 3. The van der Waals surface area contributed by atoms with Gasteiger partial charge in [-0.1, -0.05) is 0 Å². The molecule has 1 aliphatic carbocycles. The number of thiophene rings is 1. The van der Waals surface area contributed by atoms with E-state index in [4.69, 9.17) is 5.11 Å². The summed E-state index contributed by atoms with van der Waals surface area (Å²) in [4.78, 5) is 13.6. The number of carbonyl (C=O) groups excluding carboxylic acids is 1. The Morgan fingerprint density at radius 3 is 2.86 bits per heavy atom. The highest BCUT2D eigenvalue weighted by molar-refractivity contribution is 7.14. The van der Waals surface area contributed by atoms with Gasteiger partial charge in [0.05, 0.1) is 17.0 Å². The largest absolute Gasteiger partial charge is 0.395 e. The highest BCUT2D eigenvalue weighted by atomic mass is 32.1. The first-order chi connectivity index (χ1) is 6.69. The van der Waals surface area contributed by atoms with E-state index >= 15 is 0 Å². The van der Waals surface area contributed by atoms with Crippen molar-refractivity contribution in [3.05, 3.63) is 17.5 Å². The third-order valence-electron chi connectivity index (χ3n) is 2.75. The number of nitrogens with zero attached hydrogens (tertiary/aromatic N) is 1. The summed E-state index contributed by atoms with van der Waals surface area (Å²) in [5.41, 5.74) is -0.460. The van der Waals surface area contributed by atoms with Crippen molar-refractivity contribution in [1.82, 2.24) is 0 Å². The van der Waals surface area contributed by atoms with Gasteiger partial charge in [0.2, 0.25) is 5.91 Å². The Hall–Kier alpha value is -0.870. The molecule has 76 valence electrons. The van der Waals surface area contributed by atoms with Crippen LogP contribution in [0.2, 0.25) is 0 Å². The van der Waals surface area contributed by atoms with Crippen LogP contribution in [-0.2, 0) is 4.79 Å². The predicted molar refractivity (Wildman–Crippen MR) is 56.5 cm³/mol. The minimum atomic E-state index is -0.460. The Kier molecular flexibility index (Phi) is 2.33. The average Bonchev–Trinajstić information content (AvgIpc) is 2.82. The van der Waals surface area contributed by atoms with Crippen molar-refractivity contribution in [2.45, 2.75) is 12.8 Å². The molecule has 0 radical (unpaired) electrons. The molecule has 14 heavy (non-hydrogen) atoms. The molecule has 0 aromatic carbocycles. The highest BCUT2D eigenvalue weighted by Crippen LogP contribution is 2.47. The molecule has 1 aliphatic rings. The third-order valence-corrected chi connectivity index (χ3v) is 3.70. The lowest BCUT2D eigenvalue weighted by atomic mass is 10.1. The molecule has 0 bridgehead atoms. The fraction of sp³-hybridized carbons (Fsp3) is 0.500. The van der Waals surface area contributed by atoms with Crippen LogP contribution in [-0.4, -0.2) is 24.7 Å². The van der Waals surface area contributed by atoms with Crippen LogP contribution >= 0.6 is 11.3 Å². The Labute approximate surface area is 87.0 Å². The first kappa shape index (κ1) is 9.68. The van der Waals surface area contributed by atoms with Crippen molar-refractivity contribution in [1.29, 1.82) is 0 Å². The van der Waals surface area contributed by atoms with Gasteiger partial charge < -0.3 is 10.0 Å². The minimum absolute atomic E-state index is 0.0262. The van der Waals surface area contributed by atoms with Crippen LogP contribution in [0.3, 0.4) is 0 Å². The standard InChI is InChI=1S/C10H13NO2S/c1-11(8-3-2-6-14-8)9(13)10(7-12)4-5-10/h2-3,6,12H,4-5,7H2,1H3. The Morgan fingerprint density at radius 1 is 1.71 bits per heavy atom. The average molecular weight is 211 g/mol. The van der Waals surface area contributed by atoms with E-state index in [1.807, 2.05) is 17.5 Å². The molecule has 1 aromatic rings. The first-order valence-corrected chi connectivity index (χ1v) is 5.50. The molecule has 0 aliphatic heterocycles. The van der Waals surface area contributed by atoms with Crippen LogP contribution < -0.4 is 4.90 Å². The van der Waals surface area contributed by atoms with Gasteiger partial charge in [-0.15, -0.1) is 11.3 Å². The number of carbonyl (C=O) groups is 1. The fourth-order valence-corrected chi connectivity index (χ4v) is 2.20. The van der Waals surface area contributed by atoms with E-state index in [1.165, 1.54) is 11.3 Å². The lowest BCUT2D eigenvalue weighted by molar-refractivity contribution is -0.124. The summed E-state index contributed by atoms with van der Waals surface area (Å²) >= 11 is 1.54. The van der Waals surface area contributed by atoms with E-state index in [1.54, 1.807) is 11.9 Å². The number of aliphatic hydroxyl groups is 1. The Balaban J connectivity index is 2.13. The van der Waals surface area contributed by atoms with Gasteiger partial charge in [-0.05, 0) is 30.4 Å². The summed E-state index contributed by atoms with van der Waals surface area (Å²) in [7, 11) is 1.77. The zero-order chi connectivity index (χ0) is 10.2. The summed E-state index contributed by atoms with van der Waals surface area (Å²) in [6, 6.07) is 3.83. The van der Waals surface area contributed by atoms with Crippen LogP contribution in [0.1, 0.15) is 12.8 Å². The van der Waals surface area contributed by atoms with E-state index in [0.29, 0.717) is 0 Å². The van der Waals surface area contributed by atoms with Crippen LogP contribution in [0.25, 0.3) is 0 Å². The smallest absolute Gasteiger partial charge is 0.235 e. The second-order valence-corrected chi connectivity index (χ2v) is 4.68. The van der Waals surface area contributed by atoms with Gasteiger partial charge in [0.1, 0.15) is 0 Å². The predicted octanol–water partition coefficient (Wildman–Crippen LogP) is 1.48. The fourth-order valence-electron chi connectivity index (χ4n) is 1.51. The molecule has 2 rings (SSSR count). The number of anilines is 1. The maximum atomic E-state index is 11.9. The molecule has 4 heteroatoms. The van der Waals surface area contributed by atoms with Crippen LogP contribution in [0, 0.1) is 5.41 Å². The zero-order valence-electron chi connectivity index (χ0n) is 8.06. The quantitative estimate of drug-likeness (QED) is 0.822. The normalized spacial score (nSPS) is 17.9. The molecular formula is C10H13NO2S. The van der Waals surface area contributed by atoms with Crippen molar-refractivity contribution >= 4 is 22.2 Å².